The zero-order valence-corrected chi connectivity index (χ0v) is 16.1. The summed E-state index contributed by atoms with van der Waals surface area (Å²) in [6, 6.07) is 2.69. The van der Waals surface area contributed by atoms with Gasteiger partial charge in [-0.25, -0.2) is 0 Å². The van der Waals surface area contributed by atoms with Crippen LogP contribution in [0.1, 0.15) is 38.4 Å². The van der Waals surface area contributed by atoms with Crippen LogP contribution in [0.15, 0.2) is 24.7 Å². The molecule has 0 aromatic heterocycles. The third-order valence-electron chi connectivity index (χ3n) is 4.10. The smallest absolute Gasteiger partial charge is 0.300 e. The molecule has 0 aliphatic carbocycles. The molecule has 1 unspecified atom stereocenters. The molecule has 0 spiro atoms. The summed E-state index contributed by atoms with van der Waals surface area (Å²) in [5, 5.41) is 12.2. The summed E-state index contributed by atoms with van der Waals surface area (Å²) >= 11 is 0. The topological polar surface area (TPSA) is 117 Å². The highest BCUT2D eigenvalue weighted by atomic mass is 16.8. The van der Waals surface area contributed by atoms with E-state index in [2.05, 4.69) is 6.58 Å². The molecule has 152 valence electrons. The summed E-state index contributed by atoms with van der Waals surface area (Å²) in [7, 11) is 2.78. The van der Waals surface area contributed by atoms with Crippen LogP contribution >= 0.6 is 0 Å². The van der Waals surface area contributed by atoms with Crippen LogP contribution in [0.2, 0.25) is 0 Å². The molecular formula is C18H22N2O8. The standard InChI is InChI=1S/C18H22N2O8/c1-10(2)18(27-11(3)28-19-16(21)6-7-17(19)22)12-8-14(25-4)15(26-5)9-13(12)20(23)24/h8-10,18H,3,6-7H2,1-2,4-5H3. The molecule has 28 heavy (non-hydrogen) atoms. The summed E-state index contributed by atoms with van der Waals surface area (Å²) in [5.41, 5.74) is -0.0287. The molecule has 0 saturated carbocycles. The Morgan fingerprint density at radius 2 is 1.68 bits per heavy atom. The number of nitro groups is 1. The zero-order valence-electron chi connectivity index (χ0n) is 16.1. The van der Waals surface area contributed by atoms with Gasteiger partial charge in [-0.05, 0) is 18.6 Å². The number of nitrogens with zero attached hydrogens (tertiary/aromatic N) is 2. The minimum atomic E-state index is -0.861. The van der Waals surface area contributed by atoms with Crippen molar-refractivity contribution in [2.45, 2.75) is 32.8 Å². The van der Waals surface area contributed by atoms with Gasteiger partial charge >= 0.3 is 5.95 Å². The number of hydrogen-bond acceptors (Lipinski definition) is 8. The lowest BCUT2D eigenvalue weighted by molar-refractivity contribution is -0.386. The number of carbonyl (C=O) groups is 2. The molecule has 1 aromatic rings. The van der Waals surface area contributed by atoms with E-state index >= 15 is 0 Å². The summed E-state index contributed by atoms with van der Waals surface area (Å²) in [4.78, 5) is 39.5. The third-order valence-corrected chi connectivity index (χ3v) is 4.10. The number of hydrogen-bond donors (Lipinski definition) is 0. The third kappa shape index (κ3) is 4.33. The second kappa shape index (κ2) is 8.59. The highest BCUT2D eigenvalue weighted by molar-refractivity contribution is 6.00. The molecule has 1 aromatic carbocycles. The Morgan fingerprint density at radius 3 is 2.14 bits per heavy atom. The van der Waals surface area contributed by atoms with Crippen LogP contribution in [0.5, 0.6) is 11.5 Å². The average Bonchev–Trinajstić information content (AvgIpc) is 2.96. The SMILES string of the molecule is C=C(OC(c1cc(OC)c(OC)cc1[N+](=O)[O-])C(C)C)ON1C(=O)CCC1=O. The van der Waals surface area contributed by atoms with Gasteiger partial charge in [0.05, 0.1) is 30.8 Å². The van der Waals surface area contributed by atoms with Crippen LogP contribution in [0.25, 0.3) is 0 Å². The number of methoxy groups -OCH3 is 2. The van der Waals surface area contributed by atoms with Crippen LogP contribution in [0, 0.1) is 16.0 Å². The molecule has 1 aliphatic heterocycles. The van der Waals surface area contributed by atoms with Crippen molar-refractivity contribution in [1.29, 1.82) is 0 Å². The summed E-state index contributed by atoms with van der Waals surface area (Å²) in [6.45, 7) is 7.13. The monoisotopic (exact) mass is 394 g/mol. The summed E-state index contributed by atoms with van der Waals surface area (Å²) < 4.78 is 16.0. The van der Waals surface area contributed by atoms with E-state index in [1.54, 1.807) is 13.8 Å². The first-order chi connectivity index (χ1) is 13.2. The maximum atomic E-state index is 11.7. The van der Waals surface area contributed by atoms with Gasteiger partial charge < -0.3 is 19.0 Å². The number of amides is 2. The van der Waals surface area contributed by atoms with Gasteiger partial charge in [-0.15, -0.1) is 5.06 Å². The number of carbonyl (C=O) groups excluding carboxylic acids is 2. The lowest BCUT2D eigenvalue weighted by Gasteiger charge is -2.25. The molecule has 2 rings (SSSR count). The number of imide groups is 1. The summed E-state index contributed by atoms with van der Waals surface area (Å²) in [5.74, 6) is -1.10. The molecule has 0 N–H and O–H groups in total. The van der Waals surface area contributed by atoms with Crippen LogP contribution in [0.4, 0.5) is 5.69 Å². The Labute approximate surface area is 161 Å². The van der Waals surface area contributed by atoms with E-state index in [0.29, 0.717) is 5.06 Å². The fourth-order valence-corrected chi connectivity index (χ4v) is 2.75. The predicted molar refractivity (Wildman–Crippen MR) is 96.2 cm³/mol. The first-order valence-electron chi connectivity index (χ1n) is 8.49. The quantitative estimate of drug-likeness (QED) is 0.272. The van der Waals surface area contributed by atoms with E-state index < -0.39 is 22.8 Å². The molecule has 1 fully saturated rings. The predicted octanol–water partition coefficient (Wildman–Crippen LogP) is 2.88. The van der Waals surface area contributed by atoms with Gasteiger partial charge in [0.2, 0.25) is 0 Å². The highest BCUT2D eigenvalue weighted by Crippen LogP contribution is 2.41. The molecule has 0 bridgehead atoms. The minimum Gasteiger partial charge on any atom is -0.493 e. The number of rotatable bonds is 9. The maximum Gasteiger partial charge on any atom is 0.300 e. The van der Waals surface area contributed by atoms with Gasteiger partial charge in [0, 0.05) is 12.8 Å². The van der Waals surface area contributed by atoms with Crippen molar-refractivity contribution >= 4 is 17.5 Å². The van der Waals surface area contributed by atoms with Crippen molar-refractivity contribution in [2.24, 2.45) is 5.92 Å². The second-order valence-corrected chi connectivity index (χ2v) is 6.35. The van der Waals surface area contributed by atoms with E-state index in [1.807, 2.05) is 0 Å². The Bertz CT molecular complexity index is 789. The van der Waals surface area contributed by atoms with Gasteiger partial charge in [-0.2, -0.15) is 0 Å². The fraction of sp³-hybridized carbons (Fsp3) is 0.444. The van der Waals surface area contributed by atoms with Gasteiger partial charge in [0.25, 0.3) is 17.5 Å². The molecular weight excluding hydrogens is 372 g/mol. The largest absolute Gasteiger partial charge is 0.493 e. The van der Waals surface area contributed by atoms with Crippen molar-refractivity contribution in [3.63, 3.8) is 0 Å². The van der Waals surface area contributed by atoms with Crippen LogP contribution in [-0.2, 0) is 19.2 Å². The highest BCUT2D eigenvalue weighted by Gasteiger charge is 2.34. The van der Waals surface area contributed by atoms with Crippen molar-refractivity contribution in [3.05, 3.63) is 40.3 Å². The van der Waals surface area contributed by atoms with Gasteiger partial charge in [-0.3, -0.25) is 19.7 Å². The number of benzene rings is 1. The fourth-order valence-electron chi connectivity index (χ4n) is 2.75. The molecule has 10 heteroatoms. The van der Waals surface area contributed by atoms with E-state index in [-0.39, 0.29) is 47.5 Å². The molecule has 1 atom stereocenters. The van der Waals surface area contributed by atoms with Gasteiger partial charge in [0.1, 0.15) is 6.10 Å². The minimum absolute atomic E-state index is 0.0425. The first kappa shape index (κ1) is 21.0. The zero-order chi connectivity index (χ0) is 21.0. The van der Waals surface area contributed by atoms with Crippen LogP contribution in [0.3, 0.4) is 0 Å². The Morgan fingerprint density at radius 1 is 1.14 bits per heavy atom. The van der Waals surface area contributed by atoms with Crippen molar-refractivity contribution in [2.75, 3.05) is 14.2 Å². The lowest BCUT2D eigenvalue weighted by atomic mass is 9.96. The summed E-state index contributed by atoms with van der Waals surface area (Å²) in [6.07, 6.45) is -0.776. The van der Waals surface area contributed by atoms with E-state index in [0.717, 1.165) is 0 Å². The molecule has 0 radical (unpaired) electrons. The Kier molecular flexibility index (Phi) is 6.45. The van der Waals surface area contributed by atoms with Gasteiger partial charge in [-0.1, -0.05) is 13.8 Å². The van der Waals surface area contributed by atoms with E-state index in [1.165, 1.54) is 26.4 Å². The Hall–Kier alpha value is -3.30. The number of nitro benzene ring substituents is 1. The Balaban J connectivity index is 2.35. The molecule has 1 heterocycles. The van der Waals surface area contributed by atoms with Crippen molar-refractivity contribution in [1.82, 2.24) is 5.06 Å². The van der Waals surface area contributed by atoms with Crippen LogP contribution < -0.4 is 9.47 Å². The van der Waals surface area contributed by atoms with Gasteiger partial charge in [0.15, 0.2) is 11.5 Å². The first-order valence-corrected chi connectivity index (χ1v) is 8.49. The van der Waals surface area contributed by atoms with Crippen molar-refractivity contribution in [3.8, 4) is 11.5 Å². The molecule has 1 saturated heterocycles. The van der Waals surface area contributed by atoms with Crippen LogP contribution in [-0.4, -0.2) is 36.0 Å². The molecule has 1 aliphatic rings. The number of ether oxygens (including phenoxy) is 3. The second-order valence-electron chi connectivity index (χ2n) is 6.35. The van der Waals surface area contributed by atoms with E-state index in [9.17, 15) is 19.7 Å². The van der Waals surface area contributed by atoms with Crippen molar-refractivity contribution < 1.29 is 33.6 Å². The maximum absolute atomic E-state index is 11.7. The number of hydroxylamine groups is 2. The average molecular weight is 394 g/mol. The normalized spacial score (nSPS) is 14.8. The lowest BCUT2D eigenvalue weighted by Crippen LogP contribution is -2.30. The molecule has 2 amide bonds. The molecule has 10 nitrogen and oxygen atoms in total. The van der Waals surface area contributed by atoms with E-state index in [4.69, 9.17) is 19.0 Å².